The molecule has 0 aromatic heterocycles. The molecule has 1 aliphatic carbocycles. The molecule has 3 saturated heterocycles. The summed E-state index contributed by atoms with van der Waals surface area (Å²) in [4.78, 5) is 19.2. The van der Waals surface area contributed by atoms with Crippen molar-refractivity contribution >= 4 is 5.91 Å². The Morgan fingerprint density at radius 2 is 2.08 bits per heavy atom. The molecule has 9 nitrogen and oxygen atoms in total. The molecule has 40 heavy (non-hydrogen) atoms. The number of benzene rings is 1. The monoisotopic (exact) mass is 548 g/mol. The van der Waals surface area contributed by atoms with Gasteiger partial charge < -0.3 is 19.3 Å². The van der Waals surface area contributed by atoms with Crippen molar-refractivity contribution < 1.29 is 14.3 Å². The number of piperazine rings is 1. The molecular formula is C31H44N6O3. The van der Waals surface area contributed by atoms with Gasteiger partial charge in [-0.2, -0.15) is 5.26 Å². The van der Waals surface area contributed by atoms with Crippen molar-refractivity contribution in [2.45, 2.75) is 87.8 Å². The number of likely N-dealkylation sites (tertiary alicyclic amines) is 1. The largest absolute Gasteiger partial charge is 0.370 e. The van der Waals surface area contributed by atoms with E-state index in [1.807, 2.05) is 4.90 Å². The van der Waals surface area contributed by atoms with Crippen LogP contribution in [0.3, 0.4) is 0 Å². The first-order chi connectivity index (χ1) is 19.5. The molecule has 4 heterocycles. The number of rotatable bonds is 6. The topological polar surface area (TPSA) is 93.1 Å². The van der Waals surface area contributed by atoms with Crippen molar-refractivity contribution in [2.24, 2.45) is 5.92 Å². The fraction of sp³-hybridized carbons (Fsp3) is 0.677. The van der Waals surface area contributed by atoms with E-state index in [1.54, 1.807) is 0 Å². The van der Waals surface area contributed by atoms with E-state index in [0.29, 0.717) is 44.7 Å². The summed E-state index contributed by atoms with van der Waals surface area (Å²) in [5.74, 6) is 0.289. The second-order valence-corrected chi connectivity index (χ2v) is 12.4. The highest BCUT2D eigenvalue weighted by Gasteiger charge is 2.50. The number of carbonyl (C=O) groups is 1. The van der Waals surface area contributed by atoms with Gasteiger partial charge in [0.05, 0.1) is 43.5 Å². The third kappa shape index (κ3) is 5.58. The lowest BCUT2D eigenvalue weighted by atomic mass is 9.69. The number of hydrogen-bond donors (Lipinski definition) is 2. The summed E-state index contributed by atoms with van der Waals surface area (Å²) in [6.07, 6.45) is 7.90. The second-order valence-electron chi connectivity index (χ2n) is 12.4. The lowest BCUT2D eigenvalue weighted by molar-refractivity contribution is -0.153. The van der Waals surface area contributed by atoms with Crippen LogP contribution in [0.2, 0.25) is 0 Å². The molecule has 2 N–H and O–H groups in total. The summed E-state index contributed by atoms with van der Waals surface area (Å²) in [6, 6.07) is 11.5. The van der Waals surface area contributed by atoms with Gasteiger partial charge in [-0.15, -0.1) is 0 Å². The highest BCUT2D eigenvalue weighted by atomic mass is 16.5. The van der Waals surface area contributed by atoms with Crippen LogP contribution in [0.1, 0.15) is 49.7 Å². The Labute approximate surface area is 238 Å². The first kappa shape index (κ1) is 27.8. The lowest BCUT2D eigenvalue weighted by Gasteiger charge is -2.56. The van der Waals surface area contributed by atoms with E-state index >= 15 is 0 Å². The zero-order chi connectivity index (χ0) is 27.7. The highest BCUT2D eigenvalue weighted by molar-refractivity contribution is 5.87. The highest BCUT2D eigenvalue weighted by Crippen LogP contribution is 2.44. The van der Waals surface area contributed by atoms with Crippen LogP contribution in [0.5, 0.6) is 0 Å². The van der Waals surface area contributed by atoms with Crippen molar-refractivity contribution in [2.75, 3.05) is 39.8 Å². The summed E-state index contributed by atoms with van der Waals surface area (Å²) < 4.78 is 13.2. The first-order valence-corrected chi connectivity index (χ1v) is 15.1. The Morgan fingerprint density at radius 1 is 1.23 bits per heavy atom. The Balaban J connectivity index is 1.20. The zero-order valence-corrected chi connectivity index (χ0v) is 23.8. The van der Waals surface area contributed by atoms with Crippen molar-refractivity contribution in [1.82, 2.24) is 25.3 Å². The summed E-state index contributed by atoms with van der Waals surface area (Å²) in [7, 11) is 2.18. The third-order valence-electron chi connectivity index (χ3n) is 10.1. The van der Waals surface area contributed by atoms with E-state index in [2.05, 4.69) is 64.4 Å². The number of ether oxygens (including phenoxy) is 2. The Kier molecular flexibility index (Phi) is 8.27. The molecule has 1 aromatic rings. The molecule has 1 aromatic carbocycles. The van der Waals surface area contributed by atoms with Gasteiger partial charge in [-0.25, -0.2) is 0 Å². The summed E-state index contributed by atoms with van der Waals surface area (Å²) in [5, 5.41) is 17.2. The Morgan fingerprint density at radius 3 is 2.85 bits per heavy atom. The minimum Gasteiger partial charge on any atom is -0.370 e. The van der Waals surface area contributed by atoms with Crippen LogP contribution in [0.4, 0.5) is 0 Å². The van der Waals surface area contributed by atoms with Gasteiger partial charge in [-0.05, 0) is 62.9 Å². The van der Waals surface area contributed by atoms with Gasteiger partial charge in [-0.1, -0.05) is 30.8 Å². The molecule has 4 fully saturated rings. The van der Waals surface area contributed by atoms with E-state index in [4.69, 9.17) is 9.47 Å². The summed E-state index contributed by atoms with van der Waals surface area (Å²) >= 11 is 0. The van der Waals surface area contributed by atoms with Gasteiger partial charge in [0.1, 0.15) is 0 Å². The third-order valence-corrected chi connectivity index (χ3v) is 10.1. The number of amides is 1. The Bertz CT molecular complexity index is 1120. The summed E-state index contributed by atoms with van der Waals surface area (Å²) in [5.41, 5.74) is 2.57. The van der Waals surface area contributed by atoms with E-state index in [9.17, 15) is 10.1 Å². The predicted molar refractivity (Wildman–Crippen MR) is 152 cm³/mol. The quantitative estimate of drug-likeness (QED) is 0.523. The first-order valence-electron chi connectivity index (χ1n) is 15.1. The smallest absolute Gasteiger partial charge is 0.246 e. The van der Waals surface area contributed by atoms with Gasteiger partial charge in [0, 0.05) is 44.1 Å². The number of carbonyl (C=O) groups excluding carboxylic acids is 1. The van der Waals surface area contributed by atoms with Crippen LogP contribution < -0.4 is 10.6 Å². The predicted octanol–water partition coefficient (Wildman–Crippen LogP) is 2.19. The number of fused-ring (bicyclic) bond motifs is 2. The SMILES string of the molecule is C=CC(=O)N1CCN(C2NC(OCC3CCCN3C)NC3C[C@@]4(CCC32)Cc2ccccc2CO4)CC1CC#N. The standard InChI is InChI=1S/C31H44N6O3/c1-3-28(38)37-16-15-36(19-24(37)11-13-32)29-26-10-12-31(17-22-7-4-5-8-23(22)20-40-31)18-27(26)33-30(34-29)39-21-25-9-6-14-35(25)2/h3-5,7-8,24-27,29-30,33-34H,1,6,9-12,14-21H2,2H3/t24?,25?,26?,27?,29?,30?,31-/m1/s1. The molecule has 1 amide bonds. The van der Waals surface area contributed by atoms with Gasteiger partial charge in [0.2, 0.25) is 5.91 Å². The van der Waals surface area contributed by atoms with Crippen LogP contribution in [0.25, 0.3) is 0 Å². The molecular weight excluding hydrogens is 504 g/mol. The van der Waals surface area contributed by atoms with Gasteiger partial charge in [0.25, 0.3) is 0 Å². The van der Waals surface area contributed by atoms with Gasteiger partial charge in [0.15, 0.2) is 6.35 Å². The van der Waals surface area contributed by atoms with Crippen LogP contribution in [-0.4, -0.2) is 96.7 Å². The molecule has 4 aliphatic heterocycles. The van der Waals surface area contributed by atoms with Gasteiger partial charge >= 0.3 is 0 Å². The van der Waals surface area contributed by atoms with Gasteiger partial charge in [-0.3, -0.25) is 20.3 Å². The molecule has 1 saturated carbocycles. The second kappa shape index (κ2) is 11.9. The van der Waals surface area contributed by atoms with E-state index in [0.717, 1.165) is 38.8 Å². The summed E-state index contributed by atoms with van der Waals surface area (Å²) in [6.45, 7) is 8.20. The van der Waals surface area contributed by atoms with E-state index < -0.39 is 0 Å². The van der Waals surface area contributed by atoms with Crippen molar-refractivity contribution in [1.29, 1.82) is 5.26 Å². The fourth-order valence-electron chi connectivity index (χ4n) is 7.85. The molecule has 6 rings (SSSR count). The molecule has 0 radical (unpaired) electrons. The van der Waals surface area contributed by atoms with Crippen LogP contribution in [0.15, 0.2) is 36.9 Å². The average Bonchev–Trinajstić information content (AvgIpc) is 3.39. The molecule has 1 spiro atoms. The average molecular weight is 549 g/mol. The molecule has 9 heteroatoms. The maximum atomic E-state index is 12.5. The number of nitrogens with one attached hydrogen (secondary N) is 2. The zero-order valence-electron chi connectivity index (χ0n) is 23.8. The molecule has 216 valence electrons. The number of likely N-dealkylation sites (N-methyl/N-ethyl adjacent to an activating group) is 1. The van der Waals surface area contributed by atoms with E-state index in [-0.39, 0.29) is 36.1 Å². The fourth-order valence-corrected chi connectivity index (χ4v) is 7.85. The number of nitrogens with zero attached hydrogens (tertiary/aromatic N) is 4. The van der Waals surface area contributed by atoms with E-state index in [1.165, 1.54) is 30.0 Å². The Hall–Kier alpha value is -2.32. The normalized spacial score (nSPS) is 36.5. The lowest BCUT2D eigenvalue weighted by Crippen LogP contribution is -2.73. The van der Waals surface area contributed by atoms with Crippen molar-refractivity contribution in [3.05, 3.63) is 48.0 Å². The van der Waals surface area contributed by atoms with Crippen LogP contribution in [-0.2, 0) is 27.3 Å². The van der Waals surface area contributed by atoms with Crippen molar-refractivity contribution in [3.8, 4) is 6.07 Å². The molecule has 0 bridgehead atoms. The maximum absolute atomic E-state index is 12.5. The minimum atomic E-state index is -0.256. The molecule has 5 aliphatic rings. The van der Waals surface area contributed by atoms with Crippen LogP contribution >= 0.6 is 0 Å². The maximum Gasteiger partial charge on any atom is 0.246 e. The molecule has 6 unspecified atom stereocenters. The van der Waals surface area contributed by atoms with Crippen molar-refractivity contribution in [3.63, 3.8) is 0 Å². The van der Waals surface area contributed by atoms with Crippen LogP contribution in [0, 0.1) is 17.2 Å². The minimum absolute atomic E-state index is 0.0905. The number of hydrogen-bond acceptors (Lipinski definition) is 8. The number of nitriles is 1. The molecule has 7 atom stereocenters.